The minimum Gasteiger partial charge on any atom is -0.320 e. The van der Waals surface area contributed by atoms with Crippen molar-refractivity contribution in [3.8, 4) is 0 Å². The number of quaternary nitrogens is 1. The summed E-state index contributed by atoms with van der Waals surface area (Å²) in [7, 11) is 0. The first kappa shape index (κ1) is 21.6. The second kappa shape index (κ2) is 9.58. The second-order valence-corrected chi connectivity index (χ2v) is 8.72. The van der Waals surface area contributed by atoms with Gasteiger partial charge in [0.2, 0.25) is 0 Å². The quantitative estimate of drug-likeness (QED) is 0.615. The fourth-order valence-corrected chi connectivity index (χ4v) is 5.27. The summed E-state index contributed by atoms with van der Waals surface area (Å²) in [5.41, 5.74) is 4.68. The van der Waals surface area contributed by atoms with Crippen molar-refractivity contribution in [3.05, 3.63) is 65.2 Å². The molecular formula is C26H37N2O+. The van der Waals surface area contributed by atoms with Gasteiger partial charge in [0.15, 0.2) is 6.04 Å². The Kier molecular flexibility index (Phi) is 7.13. The number of benzene rings is 2. The van der Waals surface area contributed by atoms with E-state index in [1.54, 1.807) is 0 Å². The SMILES string of the molecule is CCC(C(=O)Nc1c(C)cccc1C)[N+]1(CC)CCCCC(c2ccccc2)C1. The van der Waals surface area contributed by atoms with Crippen LogP contribution in [0.3, 0.4) is 0 Å². The smallest absolute Gasteiger partial charge is 0.282 e. The van der Waals surface area contributed by atoms with Crippen molar-refractivity contribution < 1.29 is 9.28 Å². The average Bonchev–Trinajstić information content (AvgIpc) is 2.96. The van der Waals surface area contributed by atoms with Gasteiger partial charge in [-0.05, 0) is 56.7 Å². The van der Waals surface area contributed by atoms with E-state index < -0.39 is 0 Å². The van der Waals surface area contributed by atoms with Gasteiger partial charge in [-0.1, -0.05) is 55.5 Å². The number of rotatable bonds is 6. The number of aryl methyl sites for hydroxylation is 2. The summed E-state index contributed by atoms with van der Waals surface area (Å²) in [5.74, 6) is 0.709. The van der Waals surface area contributed by atoms with E-state index in [0.717, 1.165) is 47.4 Å². The van der Waals surface area contributed by atoms with Crippen molar-refractivity contribution in [1.82, 2.24) is 0 Å². The molecule has 0 aromatic heterocycles. The fraction of sp³-hybridized carbons (Fsp3) is 0.500. The molecule has 2 aromatic rings. The average molecular weight is 394 g/mol. The van der Waals surface area contributed by atoms with Crippen LogP contribution in [-0.2, 0) is 4.79 Å². The van der Waals surface area contributed by atoms with Crippen molar-refractivity contribution in [3.63, 3.8) is 0 Å². The lowest BCUT2D eigenvalue weighted by atomic mass is 9.93. The van der Waals surface area contributed by atoms with Crippen LogP contribution in [0.15, 0.2) is 48.5 Å². The third kappa shape index (κ3) is 4.72. The molecule has 3 nitrogen and oxygen atoms in total. The molecule has 0 aliphatic carbocycles. The van der Waals surface area contributed by atoms with E-state index in [1.807, 2.05) is 0 Å². The molecule has 1 aliphatic heterocycles. The van der Waals surface area contributed by atoms with Crippen LogP contribution >= 0.6 is 0 Å². The van der Waals surface area contributed by atoms with Crippen molar-refractivity contribution in [2.45, 2.75) is 65.3 Å². The highest BCUT2D eigenvalue weighted by atomic mass is 16.2. The van der Waals surface area contributed by atoms with Gasteiger partial charge >= 0.3 is 0 Å². The first-order valence-electron chi connectivity index (χ1n) is 11.3. The van der Waals surface area contributed by atoms with E-state index >= 15 is 0 Å². The number of carbonyl (C=O) groups excluding carboxylic acids is 1. The van der Waals surface area contributed by atoms with Crippen LogP contribution in [0.5, 0.6) is 0 Å². The van der Waals surface area contributed by atoms with Crippen molar-refractivity contribution >= 4 is 11.6 Å². The lowest BCUT2D eigenvalue weighted by Gasteiger charge is -2.44. The molecule has 3 heteroatoms. The molecule has 156 valence electrons. The fourth-order valence-electron chi connectivity index (χ4n) is 5.27. The Balaban J connectivity index is 1.88. The van der Waals surface area contributed by atoms with Crippen molar-refractivity contribution in [1.29, 1.82) is 0 Å². The molecule has 0 radical (unpaired) electrons. The molecule has 3 rings (SSSR count). The van der Waals surface area contributed by atoms with E-state index in [0.29, 0.717) is 5.92 Å². The predicted octanol–water partition coefficient (Wildman–Crippen LogP) is 5.82. The zero-order valence-corrected chi connectivity index (χ0v) is 18.6. The maximum atomic E-state index is 13.5. The lowest BCUT2D eigenvalue weighted by Crippen LogP contribution is -2.61. The van der Waals surface area contributed by atoms with Gasteiger partial charge in [-0.15, -0.1) is 0 Å². The Morgan fingerprint density at radius 1 is 1.03 bits per heavy atom. The first-order valence-corrected chi connectivity index (χ1v) is 11.3. The van der Waals surface area contributed by atoms with Gasteiger partial charge in [-0.3, -0.25) is 4.79 Å². The Hall–Kier alpha value is -2.13. The zero-order chi connectivity index (χ0) is 20.9. The van der Waals surface area contributed by atoms with Crippen LogP contribution in [0, 0.1) is 13.8 Å². The van der Waals surface area contributed by atoms with Crippen LogP contribution < -0.4 is 5.32 Å². The Morgan fingerprint density at radius 3 is 2.34 bits per heavy atom. The number of para-hydroxylation sites is 1. The molecule has 0 bridgehead atoms. The molecule has 1 saturated heterocycles. The number of hydrogen-bond acceptors (Lipinski definition) is 1. The van der Waals surface area contributed by atoms with Gasteiger partial charge in [0.05, 0.1) is 19.6 Å². The van der Waals surface area contributed by atoms with E-state index in [1.165, 1.54) is 24.8 Å². The summed E-state index contributed by atoms with van der Waals surface area (Å²) in [5, 5.41) is 3.31. The van der Waals surface area contributed by atoms with Crippen LogP contribution in [0.4, 0.5) is 5.69 Å². The van der Waals surface area contributed by atoms with Crippen LogP contribution in [0.1, 0.15) is 62.1 Å². The van der Waals surface area contributed by atoms with Gasteiger partial charge in [0.1, 0.15) is 0 Å². The highest BCUT2D eigenvalue weighted by Crippen LogP contribution is 2.33. The molecule has 1 amide bonds. The van der Waals surface area contributed by atoms with Gasteiger partial charge in [0.25, 0.3) is 5.91 Å². The number of likely N-dealkylation sites (N-methyl/N-ethyl adjacent to an activating group) is 1. The number of amides is 1. The third-order valence-electron chi connectivity index (χ3n) is 6.97. The van der Waals surface area contributed by atoms with Crippen molar-refractivity contribution in [2.75, 3.05) is 25.0 Å². The highest BCUT2D eigenvalue weighted by Gasteiger charge is 2.42. The molecule has 29 heavy (non-hydrogen) atoms. The van der Waals surface area contributed by atoms with Gasteiger partial charge in [0, 0.05) is 18.0 Å². The summed E-state index contributed by atoms with van der Waals surface area (Å²) < 4.78 is 0.896. The number of carbonyl (C=O) groups is 1. The van der Waals surface area contributed by atoms with Gasteiger partial charge in [-0.25, -0.2) is 0 Å². The Morgan fingerprint density at radius 2 is 1.72 bits per heavy atom. The molecule has 0 saturated carbocycles. The Bertz CT molecular complexity index is 796. The first-order chi connectivity index (χ1) is 14.0. The standard InChI is InChI=1S/C26H36N2O/c1-5-24(26(29)27-25-20(3)13-12-14-21(25)4)28(6-2)18-11-10-17-23(19-28)22-15-8-7-9-16-22/h7-9,12-16,23-24H,5-6,10-11,17-19H2,1-4H3/p+1. The number of nitrogens with one attached hydrogen (secondary N) is 1. The minimum absolute atomic E-state index is 0.0108. The highest BCUT2D eigenvalue weighted by molar-refractivity contribution is 5.95. The monoisotopic (exact) mass is 393 g/mol. The number of hydrogen-bond donors (Lipinski definition) is 1. The number of anilines is 1. The van der Waals surface area contributed by atoms with E-state index in [2.05, 4.69) is 81.5 Å². The van der Waals surface area contributed by atoms with Gasteiger partial charge in [-0.2, -0.15) is 0 Å². The topological polar surface area (TPSA) is 29.1 Å². The second-order valence-electron chi connectivity index (χ2n) is 8.72. The van der Waals surface area contributed by atoms with Crippen molar-refractivity contribution in [2.24, 2.45) is 0 Å². The number of likely N-dealkylation sites (tertiary alicyclic amines) is 1. The summed E-state index contributed by atoms with van der Waals surface area (Å²) >= 11 is 0. The maximum Gasteiger partial charge on any atom is 0.282 e. The molecule has 1 aliphatic rings. The summed E-state index contributed by atoms with van der Waals surface area (Å²) in [6.45, 7) is 11.7. The van der Waals surface area contributed by atoms with Crippen LogP contribution in [0.25, 0.3) is 0 Å². The van der Waals surface area contributed by atoms with Crippen LogP contribution in [0.2, 0.25) is 0 Å². The van der Waals surface area contributed by atoms with Crippen LogP contribution in [-0.4, -0.2) is 36.1 Å². The molecular weight excluding hydrogens is 356 g/mol. The summed E-state index contributed by atoms with van der Waals surface area (Å²) in [4.78, 5) is 13.5. The maximum absolute atomic E-state index is 13.5. The molecule has 1 fully saturated rings. The molecule has 1 heterocycles. The molecule has 2 aromatic carbocycles. The lowest BCUT2D eigenvalue weighted by molar-refractivity contribution is -0.941. The molecule has 3 atom stereocenters. The van der Waals surface area contributed by atoms with E-state index in [9.17, 15) is 4.79 Å². The summed E-state index contributed by atoms with van der Waals surface area (Å²) in [6.07, 6.45) is 4.53. The zero-order valence-electron chi connectivity index (χ0n) is 18.6. The number of nitrogens with zero attached hydrogens (tertiary/aromatic N) is 1. The summed E-state index contributed by atoms with van der Waals surface area (Å²) in [6, 6.07) is 17.1. The third-order valence-corrected chi connectivity index (χ3v) is 6.97. The largest absolute Gasteiger partial charge is 0.320 e. The Labute approximate surface area is 176 Å². The minimum atomic E-state index is -0.0108. The van der Waals surface area contributed by atoms with E-state index in [-0.39, 0.29) is 11.9 Å². The van der Waals surface area contributed by atoms with E-state index in [4.69, 9.17) is 0 Å². The molecule has 3 unspecified atom stereocenters. The van der Waals surface area contributed by atoms with Gasteiger partial charge < -0.3 is 9.80 Å². The molecule has 1 N–H and O–H groups in total. The normalized spacial score (nSPS) is 23.2. The molecule has 0 spiro atoms. The predicted molar refractivity (Wildman–Crippen MR) is 122 cm³/mol.